The first kappa shape index (κ1) is 22.4. The normalized spacial score (nSPS) is 18.3. The summed E-state index contributed by atoms with van der Waals surface area (Å²) in [5.41, 5.74) is 6.14. The van der Waals surface area contributed by atoms with Crippen LogP contribution >= 0.6 is 0 Å². The van der Waals surface area contributed by atoms with Gasteiger partial charge in [0, 0.05) is 18.7 Å². The predicted molar refractivity (Wildman–Crippen MR) is 115 cm³/mol. The number of nitrogens with two attached hydrogens (primary N) is 1. The van der Waals surface area contributed by atoms with Crippen molar-refractivity contribution in [3.8, 4) is 0 Å². The van der Waals surface area contributed by atoms with Crippen LogP contribution in [0.2, 0.25) is 0 Å². The SMILES string of the molecule is CCc1nc(C(N)=O)c(Nc2cc(C(=O)NC)ccc2F)nc1N[C@H]1CC[C@H](O)CC1. The van der Waals surface area contributed by atoms with Gasteiger partial charge in [0.05, 0.1) is 17.5 Å². The summed E-state index contributed by atoms with van der Waals surface area (Å²) < 4.78 is 14.4. The van der Waals surface area contributed by atoms with Crippen LogP contribution in [0.4, 0.5) is 21.7 Å². The second-order valence-electron chi connectivity index (χ2n) is 7.48. The molecular formula is C21H27FN6O3. The summed E-state index contributed by atoms with van der Waals surface area (Å²) in [7, 11) is 1.47. The van der Waals surface area contributed by atoms with E-state index >= 15 is 0 Å². The Morgan fingerprint density at radius 2 is 1.90 bits per heavy atom. The zero-order valence-electron chi connectivity index (χ0n) is 17.5. The van der Waals surface area contributed by atoms with Crippen molar-refractivity contribution in [3.05, 3.63) is 41.0 Å². The van der Waals surface area contributed by atoms with Gasteiger partial charge in [-0.25, -0.2) is 14.4 Å². The van der Waals surface area contributed by atoms with Gasteiger partial charge in [0.2, 0.25) is 0 Å². The van der Waals surface area contributed by atoms with Crippen molar-refractivity contribution in [1.29, 1.82) is 0 Å². The first-order valence-electron chi connectivity index (χ1n) is 10.3. The van der Waals surface area contributed by atoms with Crippen LogP contribution in [-0.2, 0) is 6.42 Å². The molecule has 0 unspecified atom stereocenters. The fraction of sp³-hybridized carbons (Fsp3) is 0.429. The fourth-order valence-corrected chi connectivity index (χ4v) is 3.54. The Morgan fingerprint density at radius 1 is 1.19 bits per heavy atom. The Balaban J connectivity index is 1.97. The number of rotatable bonds is 7. The van der Waals surface area contributed by atoms with Crippen LogP contribution in [0.3, 0.4) is 0 Å². The van der Waals surface area contributed by atoms with Crippen molar-refractivity contribution in [2.24, 2.45) is 5.73 Å². The minimum Gasteiger partial charge on any atom is -0.393 e. The lowest BCUT2D eigenvalue weighted by atomic mass is 9.93. The number of nitrogens with one attached hydrogen (secondary N) is 3. The maximum absolute atomic E-state index is 14.4. The maximum Gasteiger partial charge on any atom is 0.271 e. The molecule has 0 aliphatic heterocycles. The number of carbonyl (C=O) groups excluding carboxylic acids is 2. The molecule has 1 heterocycles. The Kier molecular flexibility index (Phi) is 7.01. The highest BCUT2D eigenvalue weighted by Crippen LogP contribution is 2.27. The Bertz CT molecular complexity index is 976. The highest BCUT2D eigenvalue weighted by molar-refractivity contribution is 5.97. The van der Waals surface area contributed by atoms with Crippen LogP contribution in [0.15, 0.2) is 18.2 Å². The third-order valence-corrected chi connectivity index (χ3v) is 5.28. The molecule has 31 heavy (non-hydrogen) atoms. The van der Waals surface area contributed by atoms with Crippen LogP contribution < -0.4 is 21.7 Å². The Morgan fingerprint density at radius 3 is 2.52 bits per heavy atom. The number of hydrogen-bond donors (Lipinski definition) is 5. The van der Waals surface area contributed by atoms with E-state index in [0.717, 1.165) is 18.9 Å². The third-order valence-electron chi connectivity index (χ3n) is 5.28. The second kappa shape index (κ2) is 9.69. The number of anilines is 3. The first-order valence-corrected chi connectivity index (χ1v) is 10.3. The summed E-state index contributed by atoms with van der Waals surface area (Å²) in [6, 6.07) is 3.93. The van der Waals surface area contributed by atoms with Crippen molar-refractivity contribution in [3.63, 3.8) is 0 Å². The van der Waals surface area contributed by atoms with Crippen LogP contribution in [0.1, 0.15) is 59.1 Å². The standard InChI is InChI=1S/C21H27FN6O3/c1-3-15-19(25-12-5-7-13(29)8-6-12)28-20(17(26-15)18(23)30)27-16-10-11(21(31)24-2)4-9-14(16)22/h4,9-10,12-13,29H,3,5-8H2,1-2H3,(H2,23,30)(H,24,31)(H2,25,27,28)/t12-,13-. The molecule has 0 radical (unpaired) electrons. The van der Waals surface area contributed by atoms with Gasteiger partial charge in [0.1, 0.15) is 11.6 Å². The van der Waals surface area contributed by atoms with Crippen LogP contribution in [0.25, 0.3) is 0 Å². The largest absolute Gasteiger partial charge is 0.393 e. The number of carbonyl (C=O) groups is 2. The lowest BCUT2D eigenvalue weighted by molar-refractivity contribution is 0.0961. The van der Waals surface area contributed by atoms with Gasteiger partial charge in [0.25, 0.3) is 11.8 Å². The number of benzene rings is 1. The van der Waals surface area contributed by atoms with Crippen LogP contribution in [-0.4, -0.2) is 46.1 Å². The molecule has 0 atom stereocenters. The molecule has 1 aliphatic carbocycles. The molecule has 9 nitrogen and oxygen atoms in total. The van der Waals surface area contributed by atoms with E-state index in [0.29, 0.717) is 30.8 Å². The third kappa shape index (κ3) is 5.26. The monoisotopic (exact) mass is 430 g/mol. The average Bonchev–Trinajstić information content (AvgIpc) is 2.76. The Labute approximate surface area is 179 Å². The molecule has 166 valence electrons. The lowest BCUT2D eigenvalue weighted by Gasteiger charge is -2.27. The van der Waals surface area contributed by atoms with E-state index in [1.807, 2.05) is 6.92 Å². The summed E-state index contributed by atoms with van der Waals surface area (Å²) in [6.07, 6.45) is 3.14. The molecule has 2 aromatic rings. The number of nitrogens with zero attached hydrogens (tertiary/aromatic N) is 2. The Hall–Kier alpha value is -3.27. The van der Waals surface area contributed by atoms with Crippen molar-refractivity contribution in [2.75, 3.05) is 17.7 Å². The van der Waals surface area contributed by atoms with Crippen LogP contribution in [0, 0.1) is 5.82 Å². The minimum atomic E-state index is -0.806. The number of aromatic nitrogens is 2. The summed E-state index contributed by atoms with van der Waals surface area (Å²) in [6.45, 7) is 1.88. The number of aryl methyl sites for hydroxylation is 1. The molecular weight excluding hydrogens is 403 g/mol. The fourth-order valence-electron chi connectivity index (χ4n) is 3.54. The molecule has 1 aliphatic rings. The molecule has 1 aromatic heterocycles. The number of halogens is 1. The minimum absolute atomic E-state index is 0.00370. The molecule has 10 heteroatoms. The average molecular weight is 430 g/mol. The summed E-state index contributed by atoms with van der Waals surface area (Å²) in [5, 5.41) is 18.3. The topological polar surface area (TPSA) is 142 Å². The smallest absolute Gasteiger partial charge is 0.271 e. The van der Waals surface area contributed by atoms with Gasteiger partial charge in [0.15, 0.2) is 11.5 Å². The molecule has 2 amide bonds. The molecule has 1 aromatic carbocycles. The summed E-state index contributed by atoms with van der Waals surface area (Å²) in [4.78, 5) is 32.7. The maximum atomic E-state index is 14.4. The lowest BCUT2D eigenvalue weighted by Crippen LogP contribution is -2.29. The summed E-state index contributed by atoms with van der Waals surface area (Å²) >= 11 is 0. The molecule has 0 spiro atoms. The van der Waals surface area contributed by atoms with E-state index in [1.165, 1.54) is 19.2 Å². The number of amides is 2. The number of hydrogen-bond acceptors (Lipinski definition) is 7. The van der Waals surface area contributed by atoms with Crippen LogP contribution in [0.5, 0.6) is 0 Å². The van der Waals surface area contributed by atoms with E-state index in [9.17, 15) is 19.1 Å². The second-order valence-corrected chi connectivity index (χ2v) is 7.48. The van der Waals surface area contributed by atoms with Crippen molar-refractivity contribution in [1.82, 2.24) is 15.3 Å². The van der Waals surface area contributed by atoms with Crippen molar-refractivity contribution in [2.45, 2.75) is 51.2 Å². The van der Waals surface area contributed by atoms with Crippen molar-refractivity contribution < 1.29 is 19.1 Å². The highest BCUT2D eigenvalue weighted by atomic mass is 19.1. The highest BCUT2D eigenvalue weighted by Gasteiger charge is 2.23. The van der Waals surface area contributed by atoms with Gasteiger partial charge < -0.3 is 26.8 Å². The molecule has 0 bridgehead atoms. The number of aliphatic hydroxyl groups is 1. The van der Waals surface area contributed by atoms with E-state index < -0.39 is 11.7 Å². The molecule has 1 saturated carbocycles. The molecule has 0 saturated heterocycles. The zero-order chi connectivity index (χ0) is 22.5. The van der Waals surface area contributed by atoms with Gasteiger partial charge in [-0.05, 0) is 50.3 Å². The van der Waals surface area contributed by atoms with E-state index in [1.54, 1.807) is 0 Å². The van der Waals surface area contributed by atoms with Crippen molar-refractivity contribution >= 4 is 29.1 Å². The molecule has 1 fully saturated rings. The van der Waals surface area contributed by atoms with Gasteiger partial charge in [-0.3, -0.25) is 9.59 Å². The number of primary amides is 1. The zero-order valence-corrected chi connectivity index (χ0v) is 17.5. The van der Waals surface area contributed by atoms with Gasteiger partial charge >= 0.3 is 0 Å². The number of aliphatic hydroxyl groups excluding tert-OH is 1. The predicted octanol–water partition coefficient (Wildman–Crippen LogP) is 2.10. The molecule has 3 rings (SSSR count). The van der Waals surface area contributed by atoms with E-state index in [2.05, 4.69) is 25.9 Å². The first-order chi connectivity index (χ1) is 14.8. The van der Waals surface area contributed by atoms with Gasteiger partial charge in [-0.15, -0.1) is 0 Å². The van der Waals surface area contributed by atoms with Gasteiger partial charge in [-0.1, -0.05) is 6.92 Å². The van der Waals surface area contributed by atoms with E-state index in [4.69, 9.17) is 5.73 Å². The van der Waals surface area contributed by atoms with Gasteiger partial charge in [-0.2, -0.15) is 0 Å². The van der Waals surface area contributed by atoms with E-state index in [-0.39, 0.29) is 40.8 Å². The molecule has 6 N–H and O–H groups in total. The quantitative estimate of drug-likeness (QED) is 0.453. The summed E-state index contributed by atoms with van der Waals surface area (Å²) in [5.74, 6) is -1.34.